The third kappa shape index (κ3) is 3.03. The van der Waals surface area contributed by atoms with E-state index in [-0.39, 0.29) is 0 Å². The van der Waals surface area contributed by atoms with Crippen LogP contribution in [0.25, 0.3) is 27.9 Å². The van der Waals surface area contributed by atoms with Crippen molar-refractivity contribution in [3.8, 4) is 17.2 Å². The van der Waals surface area contributed by atoms with Crippen molar-refractivity contribution in [1.82, 2.24) is 18.9 Å². The Morgan fingerprint density at radius 2 is 2.11 bits per heavy atom. The molecule has 28 heavy (non-hydrogen) atoms. The van der Waals surface area contributed by atoms with Gasteiger partial charge in [0.05, 0.1) is 29.9 Å². The molecule has 5 aromatic rings. The second-order valence-electron chi connectivity index (χ2n) is 6.44. The van der Waals surface area contributed by atoms with Crippen LogP contribution in [0.4, 0.5) is 0 Å². The minimum absolute atomic E-state index is 0.366. The molecular formula is C21H17N5O2. The van der Waals surface area contributed by atoms with Crippen LogP contribution >= 0.6 is 0 Å². The van der Waals surface area contributed by atoms with Crippen molar-refractivity contribution in [2.75, 3.05) is 6.61 Å². The third-order valence-corrected chi connectivity index (χ3v) is 4.58. The first kappa shape index (κ1) is 16.3. The lowest BCUT2D eigenvalue weighted by molar-refractivity contribution is 0.298. The fourth-order valence-electron chi connectivity index (χ4n) is 3.13. The summed E-state index contributed by atoms with van der Waals surface area (Å²) in [6.45, 7) is 1.23. The van der Waals surface area contributed by atoms with Crippen molar-refractivity contribution in [2.24, 2.45) is 0 Å². The number of nitrogens with zero attached hydrogens (tertiary/aromatic N) is 4. The van der Waals surface area contributed by atoms with Gasteiger partial charge >= 0.3 is 0 Å². The molecule has 0 spiro atoms. The molecular weight excluding hydrogens is 354 g/mol. The maximum absolute atomic E-state index is 8.41. The zero-order valence-corrected chi connectivity index (χ0v) is 14.9. The zero-order valence-electron chi connectivity index (χ0n) is 14.9. The van der Waals surface area contributed by atoms with Crippen LogP contribution < -0.4 is 10.1 Å². The molecule has 0 saturated heterocycles. The summed E-state index contributed by atoms with van der Waals surface area (Å²) < 4.78 is 15.7. The Kier molecular flexibility index (Phi) is 3.90. The summed E-state index contributed by atoms with van der Waals surface area (Å²) in [5, 5.41) is 9.48. The first-order valence-corrected chi connectivity index (χ1v) is 8.90. The molecule has 4 heterocycles. The summed E-state index contributed by atoms with van der Waals surface area (Å²) in [5.74, 6) is 1.26. The molecule has 0 amide bonds. The van der Waals surface area contributed by atoms with Crippen LogP contribution in [-0.2, 0) is 6.54 Å². The van der Waals surface area contributed by atoms with E-state index in [1.807, 2.05) is 57.9 Å². The molecule has 0 aliphatic rings. The van der Waals surface area contributed by atoms with Gasteiger partial charge in [-0.15, -0.1) is 0 Å². The van der Waals surface area contributed by atoms with E-state index in [1.54, 1.807) is 24.8 Å². The number of benzene rings is 1. The molecule has 0 radical (unpaired) electrons. The second-order valence-corrected chi connectivity index (χ2v) is 6.44. The topological polar surface area (TPSA) is 81.3 Å². The number of imidazole rings is 1. The lowest BCUT2D eigenvalue weighted by atomic mass is 10.2. The average Bonchev–Trinajstić information content (AvgIpc) is 3.39. The highest BCUT2D eigenvalue weighted by Crippen LogP contribution is 2.24. The van der Waals surface area contributed by atoms with Gasteiger partial charge in [0.15, 0.2) is 5.76 Å². The molecule has 4 aromatic heterocycles. The minimum atomic E-state index is 0.366. The first-order valence-electron chi connectivity index (χ1n) is 8.90. The normalized spacial score (nSPS) is 11.3. The monoisotopic (exact) mass is 371 g/mol. The Bertz CT molecular complexity index is 1320. The van der Waals surface area contributed by atoms with E-state index in [0.29, 0.717) is 46.7 Å². The molecule has 7 heteroatoms. The Hall–Kier alpha value is -3.87. The summed E-state index contributed by atoms with van der Waals surface area (Å²) in [6.07, 6.45) is 11.0. The average molecular weight is 371 g/mol. The Morgan fingerprint density at radius 1 is 1.14 bits per heavy atom. The number of rotatable bonds is 5. The van der Waals surface area contributed by atoms with Crippen LogP contribution in [0.1, 0.15) is 0 Å². The van der Waals surface area contributed by atoms with Gasteiger partial charge in [-0.25, -0.2) is 9.97 Å². The molecule has 0 bridgehead atoms. The number of ether oxygens (including phenoxy) is 1. The van der Waals surface area contributed by atoms with Gasteiger partial charge in [-0.1, -0.05) is 0 Å². The summed E-state index contributed by atoms with van der Waals surface area (Å²) >= 11 is 0. The van der Waals surface area contributed by atoms with Crippen LogP contribution in [0.3, 0.4) is 0 Å². The molecule has 0 saturated carbocycles. The van der Waals surface area contributed by atoms with Crippen molar-refractivity contribution in [3.05, 3.63) is 79.1 Å². The van der Waals surface area contributed by atoms with Gasteiger partial charge < -0.3 is 18.1 Å². The largest absolute Gasteiger partial charge is 0.492 e. The number of aromatic nitrogens is 4. The molecule has 0 atom stereocenters. The molecule has 5 rings (SSSR count). The van der Waals surface area contributed by atoms with Gasteiger partial charge in [-0.05, 0) is 30.3 Å². The molecule has 0 fully saturated rings. The predicted octanol–water partition coefficient (Wildman–Crippen LogP) is 3.50. The maximum atomic E-state index is 8.41. The van der Waals surface area contributed by atoms with Gasteiger partial charge in [-0.2, -0.15) is 0 Å². The first-order chi connectivity index (χ1) is 13.8. The van der Waals surface area contributed by atoms with E-state index in [1.165, 1.54) is 0 Å². The van der Waals surface area contributed by atoms with Crippen molar-refractivity contribution in [1.29, 1.82) is 5.41 Å². The maximum Gasteiger partial charge on any atom is 0.156 e. The minimum Gasteiger partial charge on any atom is -0.492 e. The molecule has 0 unspecified atom stereocenters. The fourth-order valence-corrected chi connectivity index (χ4v) is 3.13. The highest BCUT2D eigenvalue weighted by Gasteiger charge is 2.09. The lowest BCUT2D eigenvalue weighted by Crippen LogP contribution is -2.07. The summed E-state index contributed by atoms with van der Waals surface area (Å²) in [5.41, 5.74) is 2.31. The molecule has 7 nitrogen and oxygen atoms in total. The van der Waals surface area contributed by atoms with Gasteiger partial charge in [0.25, 0.3) is 0 Å². The smallest absolute Gasteiger partial charge is 0.156 e. The number of nitrogens with one attached hydrogen (secondary N) is 1. The molecule has 1 N–H and O–H groups in total. The Labute approximate surface area is 160 Å². The SMILES string of the molecule is N=c1cc(-c2cn3cccc3cn2)oc2ccc(OCCn3ccnc3)cc12. The molecule has 138 valence electrons. The van der Waals surface area contributed by atoms with Crippen molar-refractivity contribution in [3.63, 3.8) is 0 Å². The number of fused-ring (bicyclic) bond motifs is 2. The Morgan fingerprint density at radius 3 is 3.00 bits per heavy atom. The molecule has 0 aliphatic carbocycles. The highest BCUT2D eigenvalue weighted by atomic mass is 16.5. The fraction of sp³-hybridized carbons (Fsp3) is 0.0952. The standard InChI is InChI=1S/C21H17N5O2/c22-18-11-21(19-13-26-6-1-2-15(26)12-24-19)28-20-4-3-16(10-17(18)20)27-9-8-25-7-5-23-14-25/h1-7,10-14,22H,8-9H2. The van der Waals surface area contributed by atoms with Crippen molar-refractivity contribution < 1.29 is 9.15 Å². The van der Waals surface area contributed by atoms with Gasteiger partial charge in [-0.3, -0.25) is 5.41 Å². The van der Waals surface area contributed by atoms with Gasteiger partial charge in [0.2, 0.25) is 0 Å². The summed E-state index contributed by atoms with van der Waals surface area (Å²) in [6, 6.07) is 11.2. The van der Waals surface area contributed by atoms with Crippen LogP contribution in [0.5, 0.6) is 5.75 Å². The molecule has 1 aromatic carbocycles. The second kappa shape index (κ2) is 6.70. The van der Waals surface area contributed by atoms with Crippen LogP contribution in [0.15, 0.2) is 78.1 Å². The molecule has 0 aliphatic heterocycles. The predicted molar refractivity (Wildman–Crippen MR) is 104 cm³/mol. The quantitative estimate of drug-likeness (QED) is 0.513. The van der Waals surface area contributed by atoms with Crippen LogP contribution in [-0.4, -0.2) is 25.5 Å². The summed E-state index contributed by atoms with van der Waals surface area (Å²) in [7, 11) is 0. The van der Waals surface area contributed by atoms with E-state index >= 15 is 0 Å². The van der Waals surface area contributed by atoms with E-state index < -0.39 is 0 Å². The van der Waals surface area contributed by atoms with Gasteiger partial charge in [0.1, 0.15) is 23.6 Å². The summed E-state index contributed by atoms with van der Waals surface area (Å²) in [4.78, 5) is 8.46. The van der Waals surface area contributed by atoms with E-state index in [4.69, 9.17) is 14.6 Å². The zero-order chi connectivity index (χ0) is 18.9. The lowest BCUT2D eigenvalue weighted by Gasteiger charge is -2.09. The van der Waals surface area contributed by atoms with E-state index in [2.05, 4.69) is 9.97 Å². The van der Waals surface area contributed by atoms with E-state index in [0.717, 1.165) is 5.52 Å². The van der Waals surface area contributed by atoms with E-state index in [9.17, 15) is 0 Å². The van der Waals surface area contributed by atoms with Crippen LogP contribution in [0.2, 0.25) is 0 Å². The van der Waals surface area contributed by atoms with Crippen molar-refractivity contribution in [2.45, 2.75) is 6.54 Å². The number of hydrogen-bond acceptors (Lipinski definition) is 5. The third-order valence-electron chi connectivity index (χ3n) is 4.58. The number of hydrogen-bond donors (Lipinski definition) is 1. The highest BCUT2D eigenvalue weighted by molar-refractivity contribution is 5.79. The Balaban J connectivity index is 1.43. The van der Waals surface area contributed by atoms with Gasteiger partial charge in [0, 0.05) is 36.2 Å². The van der Waals surface area contributed by atoms with Crippen LogP contribution in [0, 0.1) is 5.41 Å². The van der Waals surface area contributed by atoms with Crippen molar-refractivity contribution >= 4 is 16.5 Å².